The van der Waals surface area contributed by atoms with Crippen LogP contribution < -0.4 is 5.73 Å². The van der Waals surface area contributed by atoms with Crippen molar-refractivity contribution in [3.8, 4) is 0 Å². The minimum atomic E-state index is 0.0248. The van der Waals surface area contributed by atoms with Gasteiger partial charge in [-0.2, -0.15) is 0 Å². The summed E-state index contributed by atoms with van der Waals surface area (Å²) in [5.41, 5.74) is 7.87. The molecule has 2 N–H and O–H groups in total. The van der Waals surface area contributed by atoms with Crippen LogP contribution in [0.2, 0.25) is 0 Å². The summed E-state index contributed by atoms with van der Waals surface area (Å²) in [5.74, 6) is 0.675. The average Bonchev–Trinajstić information content (AvgIpc) is 2.86. The van der Waals surface area contributed by atoms with Gasteiger partial charge < -0.3 is 5.73 Å². The van der Waals surface area contributed by atoms with Crippen LogP contribution in [0.5, 0.6) is 0 Å². The maximum absolute atomic E-state index is 6.60. The van der Waals surface area contributed by atoms with Gasteiger partial charge in [0.15, 0.2) is 4.60 Å². The van der Waals surface area contributed by atoms with Gasteiger partial charge in [0.05, 0.1) is 11.7 Å². The number of aryl methyl sites for hydroxylation is 1. The number of halogens is 1. The smallest absolute Gasteiger partial charge is 0.153 e. The van der Waals surface area contributed by atoms with E-state index in [0.717, 1.165) is 10.3 Å². The fraction of sp³-hybridized carbons (Fsp3) is 0.846. The van der Waals surface area contributed by atoms with Crippen molar-refractivity contribution in [2.24, 2.45) is 24.1 Å². The molecule has 5 heteroatoms. The van der Waals surface area contributed by atoms with Crippen LogP contribution in [0.4, 0.5) is 0 Å². The Hall–Kier alpha value is -0.420. The van der Waals surface area contributed by atoms with Gasteiger partial charge in [0.25, 0.3) is 0 Å². The van der Waals surface area contributed by atoms with Gasteiger partial charge in [0.2, 0.25) is 0 Å². The Bertz CT molecular complexity index is 388. The van der Waals surface area contributed by atoms with Crippen molar-refractivity contribution in [1.82, 2.24) is 15.0 Å². The molecule has 1 aliphatic rings. The normalized spacial score (nSPS) is 20.6. The van der Waals surface area contributed by atoms with Crippen molar-refractivity contribution in [2.75, 3.05) is 0 Å². The molecular formula is C13H23BrN4. The molecule has 0 radical (unpaired) electrons. The van der Waals surface area contributed by atoms with E-state index in [1.165, 1.54) is 32.1 Å². The van der Waals surface area contributed by atoms with Crippen LogP contribution in [0.3, 0.4) is 0 Å². The predicted octanol–water partition coefficient (Wildman–Crippen LogP) is 3.18. The Morgan fingerprint density at radius 3 is 2.44 bits per heavy atom. The molecule has 1 atom stereocenters. The number of nitrogens with two attached hydrogens (primary N) is 1. The Morgan fingerprint density at radius 1 is 1.39 bits per heavy atom. The zero-order valence-corrected chi connectivity index (χ0v) is 13.1. The van der Waals surface area contributed by atoms with Crippen LogP contribution in [0.1, 0.15) is 57.7 Å². The van der Waals surface area contributed by atoms with Crippen LogP contribution >= 0.6 is 15.9 Å². The van der Waals surface area contributed by atoms with Crippen molar-refractivity contribution >= 4 is 15.9 Å². The summed E-state index contributed by atoms with van der Waals surface area (Å²) in [4.78, 5) is 0. The topological polar surface area (TPSA) is 56.7 Å². The summed E-state index contributed by atoms with van der Waals surface area (Å²) >= 11 is 3.48. The van der Waals surface area contributed by atoms with Gasteiger partial charge >= 0.3 is 0 Å². The molecule has 0 saturated heterocycles. The first kappa shape index (κ1) is 14.0. The largest absolute Gasteiger partial charge is 0.322 e. The minimum Gasteiger partial charge on any atom is -0.322 e. The highest BCUT2D eigenvalue weighted by Gasteiger charge is 2.42. The fourth-order valence-corrected chi connectivity index (χ4v) is 4.07. The first-order chi connectivity index (χ1) is 8.46. The molecule has 2 rings (SSSR count). The number of hydrogen-bond acceptors (Lipinski definition) is 3. The van der Waals surface area contributed by atoms with E-state index >= 15 is 0 Å². The first-order valence-electron chi connectivity index (χ1n) is 6.77. The lowest BCUT2D eigenvalue weighted by atomic mass is 9.72. The van der Waals surface area contributed by atoms with E-state index in [2.05, 4.69) is 40.1 Å². The summed E-state index contributed by atoms with van der Waals surface area (Å²) in [6.07, 6.45) is 6.23. The fourth-order valence-electron chi connectivity index (χ4n) is 3.49. The number of hydrogen-bond donors (Lipinski definition) is 1. The lowest BCUT2D eigenvalue weighted by Gasteiger charge is -2.36. The molecular weight excluding hydrogens is 292 g/mol. The first-order valence-corrected chi connectivity index (χ1v) is 7.56. The van der Waals surface area contributed by atoms with Crippen molar-refractivity contribution in [3.63, 3.8) is 0 Å². The Morgan fingerprint density at radius 2 is 2.00 bits per heavy atom. The highest BCUT2D eigenvalue weighted by atomic mass is 79.9. The van der Waals surface area contributed by atoms with Gasteiger partial charge in [-0.25, -0.2) is 4.68 Å². The summed E-state index contributed by atoms with van der Waals surface area (Å²) in [6.45, 7) is 4.56. The monoisotopic (exact) mass is 314 g/mol. The van der Waals surface area contributed by atoms with Crippen molar-refractivity contribution in [1.29, 1.82) is 0 Å². The molecule has 1 aromatic heterocycles. The molecule has 0 aliphatic heterocycles. The molecule has 0 spiro atoms. The maximum Gasteiger partial charge on any atom is 0.153 e. The molecule has 0 aromatic carbocycles. The van der Waals surface area contributed by atoms with Gasteiger partial charge in [-0.3, -0.25) is 0 Å². The SMILES string of the molecule is CC(C)CC1(C(N)c2c(Br)nnn2C)CCCC1. The standard InChI is InChI=1S/C13H23BrN4/c1-9(2)8-13(6-4-5-7-13)11(15)10-12(14)16-17-18(10)3/h9,11H,4-8,15H2,1-3H3. The van der Waals surface area contributed by atoms with E-state index in [0.29, 0.717) is 5.92 Å². The third-order valence-electron chi connectivity index (χ3n) is 4.20. The van der Waals surface area contributed by atoms with E-state index < -0.39 is 0 Å². The Labute approximate surface area is 117 Å². The zero-order chi connectivity index (χ0) is 13.3. The van der Waals surface area contributed by atoms with Crippen molar-refractivity contribution in [3.05, 3.63) is 10.3 Å². The van der Waals surface area contributed by atoms with Gasteiger partial charge in [-0.15, -0.1) is 5.10 Å². The van der Waals surface area contributed by atoms with E-state index in [-0.39, 0.29) is 11.5 Å². The van der Waals surface area contributed by atoms with Gasteiger partial charge in [0.1, 0.15) is 0 Å². The summed E-state index contributed by atoms with van der Waals surface area (Å²) in [7, 11) is 1.92. The third kappa shape index (κ3) is 2.48. The molecule has 1 heterocycles. The van der Waals surface area contributed by atoms with Gasteiger partial charge in [-0.05, 0) is 46.5 Å². The average molecular weight is 315 g/mol. The molecule has 102 valence electrons. The minimum absolute atomic E-state index is 0.0248. The molecule has 4 nitrogen and oxygen atoms in total. The highest BCUT2D eigenvalue weighted by Crippen LogP contribution is 2.51. The molecule has 1 fully saturated rings. The number of aromatic nitrogens is 3. The second-order valence-corrected chi connectivity index (χ2v) is 6.79. The predicted molar refractivity (Wildman–Crippen MR) is 76.0 cm³/mol. The lowest BCUT2D eigenvalue weighted by Crippen LogP contribution is -2.35. The van der Waals surface area contributed by atoms with Crippen LogP contribution in [0.25, 0.3) is 0 Å². The Kier molecular flexibility index (Phi) is 4.11. The van der Waals surface area contributed by atoms with E-state index in [1.54, 1.807) is 0 Å². The summed E-state index contributed by atoms with van der Waals surface area (Å²) in [5, 5.41) is 8.13. The van der Waals surface area contributed by atoms with Crippen LogP contribution in [0.15, 0.2) is 4.60 Å². The molecule has 18 heavy (non-hydrogen) atoms. The van der Waals surface area contributed by atoms with Crippen LogP contribution in [0, 0.1) is 11.3 Å². The molecule has 0 amide bonds. The summed E-state index contributed by atoms with van der Waals surface area (Å²) in [6, 6.07) is 0.0248. The molecule has 1 unspecified atom stereocenters. The van der Waals surface area contributed by atoms with Crippen LogP contribution in [-0.4, -0.2) is 15.0 Å². The second kappa shape index (κ2) is 5.29. The number of nitrogens with zero attached hydrogens (tertiary/aromatic N) is 3. The third-order valence-corrected chi connectivity index (χ3v) is 4.76. The molecule has 1 aromatic rings. The second-order valence-electron chi connectivity index (χ2n) is 6.03. The van der Waals surface area contributed by atoms with E-state index in [9.17, 15) is 0 Å². The molecule has 1 saturated carbocycles. The quantitative estimate of drug-likeness (QED) is 0.928. The zero-order valence-electron chi connectivity index (χ0n) is 11.5. The number of rotatable bonds is 4. The maximum atomic E-state index is 6.60. The van der Waals surface area contributed by atoms with Crippen molar-refractivity contribution < 1.29 is 0 Å². The van der Waals surface area contributed by atoms with E-state index in [4.69, 9.17) is 5.73 Å². The molecule has 0 bridgehead atoms. The summed E-state index contributed by atoms with van der Waals surface area (Å²) < 4.78 is 2.61. The molecule has 1 aliphatic carbocycles. The lowest BCUT2D eigenvalue weighted by molar-refractivity contribution is 0.177. The van der Waals surface area contributed by atoms with Gasteiger partial charge in [-0.1, -0.05) is 31.9 Å². The Balaban J connectivity index is 2.31. The van der Waals surface area contributed by atoms with Crippen LogP contribution in [-0.2, 0) is 7.05 Å². The van der Waals surface area contributed by atoms with Crippen molar-refractivity contribution in [2.45, 2.75) is 52.0 Å². The van der Waals surface area contributed by atoms with Gasteiger partial charge in [0, 0.05) is 7.05 Å². The highest BCUT2D eigenvalue weighted by molar-refractivity contribution is 9.10. The van der Waals surface area contributed by atoms with E-state index in [1.807, 2.05) is 11.7 Å².